The number of nitrogens with zero attached hydrogens (tertiary/aromatic N) is 2. The number of hydrogen-bond donors (Lipinski definition) is 1. The molecular formula is C17H28IN3O2. The first-order valence-corrected chi connectivity index (χ1v) is 7.97. The lowest BCUT2D eigenvalue weighted by Gasteiger charge is -2.24. The second kappa shape index (κ2) is 11.5. The first kappa shape index (κ1) is 20.0. The summed E-state index contributed by atoms with van der Waals surface area (Å²) in [5.41, 5.74) is 0. The number of halogens is 1. The molecule has 1 saturated heterocycles. The van der Waals surface area contributed by atoms with Crippen LogP contribution in [0.1, 0.15) is 12.8 Å². The zero-order valence-corrected chi connectivity index (χ0v) is 16.4. The lowest BCUT2D eigenvalue weighted by Crippen LogP contribution is -2.42. The van der Waals surface area contributed by atoms with Gasteiger partial charge in [-0.15, -0.1) is 24.0 Å². The highest BCUT2D eigenvalue weighted by molar-refractivity contribution is 14.0. The van der Waals surface area contributed by atoms with Crippen molar-refractivity contribution >= 4 is 29.9 Å². The molecule has 1 aliphatic heterocycles. The van der Waals surface area contributed by atoms with Gasteiger partial charge in [0.05, 0.1) is 13.2 Å². The molecule has 0 aromatic heterocycles. The van der Waals surface area contributed by atoms with Crippen LogP contribution >= 0.6 is 24.0 Å². The van der Waals surface area contributed by atoms with Crippen molar-refractivity contribution in [1.29, 1.82) is 0 Å². The van der Waals surface area contributed by atoms with Crippen LogP contribution in [0.25, 0.3) is 0 Å². The van der Waals surface area contributed by atoms with Crippen molar-refractivity contribution in [3.05, 3.63) is 30.3 Å². The number of rotatable bonds is 7. The molecular weight excluding hydrogens is 405 g/mol. The number of hydrogen-bond acceptors (Lipinski definition) is 3. The molecule has 1 aromatic rings. The van der Waals surface area contributed by atoms with Crippen LogP contribution in [-0.4, -0.2) is 57.9 Å². The van der Waals surface area contributed by atoms with Crippen molar-refractivity contribution in [1.82, 2.24) is 10.2 Å². The second-order valence-electron chi connectivity index (χ2n) is 5.60. The maximum absolute atomic E-state index is 5.68. The Kier molecular flexibility index (Phi) is 10.0. The van der Waals surface area contributed by atoms with Crippen LogP contribution in [0.15, 0.2) is 35.3 Å². The van der Waals surface area contributed by atoms with Crippen LogP contribution in [0.4, 0.5) is 0 Å². The topological polar surface area (TPSA) is 46.1 Å². The average molecular weight is 433 g/mol. The molecule has 2 rings (SSSR count). The van der Waals surface area contributed by atoms with Crippen molar-refractivity contribution in [3.8, 4) is 5.75 Å². The molecule has 1 heterocycles. The summed E-state index contributed by atoms with van der Waals surface area (Å²) in [4.78, 5) is 6.51. The van der Waals surface area contributed by atoms with Gasteiger partial charge in [-0.05, 0) is 25.0 Å². The fraction of sp³-hybridized carbons (Fsp3) is 0.588. The highest BCUT2D eigenvalue weighted by atomic mass is 127. The quantitative estimate of drug-likeness (QED) is 0.311. The number of benzene rings is 1. The Morgan fingerprint density at radius 3 is 2.83 bits per heavy atom. The zero-order valence-electron chi connectivity index (χ0n) is 14.0. The standard InChI is InChI=1S/C17H27N3O2.HI/c1-18-17(20(2)13-15-9-12-21-14-15)19-10-6-11-22-16-7-4-3-5-8-16;/h3-5,7-8,15H,6,9-14H2,1-2H3,(H,18,19);1H. The van der Waals surface area contributed by atoms with Crippen LogP contribution in [0.2, 0.25) is 0 Å². The molecule has 1 aromatic carbocycles. The Balaban J connectivity index is 0.00000264. The van der Waals surface area contributed by atoms with Gasteiger partial charge in [-0.3, -0.25) is 4.99 Å². The molecule has 0 bridgehead atoms. The number of guanidine groups is 1. The van der Waals surface area contributed by atoms with Gasteiger partial charge >= 0.3 is 0 Å². The van der Waals surface area contributed by atoms with Crippen LogP contribution in [-0.2, 0) is 4.74 Å². The van der Waals surface area contributed by atoms with E-state index >= 15 is 0 Å². The van der Waals surface area contributed by atoms with Gasteiger partial charge in [0.15, 0.2) is 5.96 Å². The largest absolute Gasteiger partial charge is 0.494 e. The maximum Gasteiger partial charge on any atom is 0.193 e. The molecule has 1 N–H and O–H groups in total. The molecule has 6 heteroatoms. The van der Waals surface area contributed by atoms with Crippen molar-refractivity contribution in [2.75, 3.05) is 47.0 Å². The highest BCUT2D eigenvalue weighted by Crippen LogP contribution is 2.13. The summed E-state index contributed by atoms with van der Waals surface area (Å²) in [5, 5.41) is 3.38. The van der Waals surface area contributed by atoms with Gasteiger partial charge in [0.25, 0.3) is 0 Å². The molecule has 1 unspecified atom stereocenters. The number of aliphatic imine (C=N–C) groups is 1. The van der Waals surface area contributed by atoms with E-state index in [1.54, 1.807) is 0 Å². The molecule has 5 nitrogen and oxygen atoms in total. The normalized spacial score (nSPS) is 17.5. The van der Waals surface area contributed by atoms with Gasteiger partial charge in [0.1, 0.15) is 5.75 Å². The molecule has 1 aliphatic rings. The van der Waals surface area contributed by atoms with Gasteiger partial charge < -0.3 is 19.7 Å². The van der Waals surface area contributed by atoms with Gasteiger partial charge in [-0.1, -0.05) is 18.2 Å². The van der Waals surface area contributed by atoms with Gasteiger partial charge in [0, 0.05) is 39.7 Å². The fourth-order valence-electron chi connectivity index (χ4n) is 2.56. The third-order valence-electron chi connectivity index (χ3n) is 3.75. The van der Waals surface area contributed by atoms with E-state index in [1.165, 1.54) is 0 Å². The first-order chi connectivity index (χ1) is 10.8. The van der Waals surface area contributed by atoms with E-state index < -0.39 is 0 Å². The minimum Gasteiger partial charge on any atom is -0.494 e. The van der Waals surface area contributed by atoms with E-state index in [-0.39, 0.29) is 24.0 Å². The Labute approximate surface area is 156 Å². The molecule has 0 aliphatic carbocycles. The fourth-order valence-corrected chi connectivity index (χ4v) is 2.56. The van der Waals surface area contributed by atoms with Crippen molar-refractivity contribution in [2.45, 2.75) is 12.8 Å². The summed E-state index contributed by atoms with van der Waals surface area (Å²) < 4.78 is 11.1. The van der Waals surface area contributed by atoms with Crippen molar-refractivity contribution in [2.24, 2.45) is 10.9 Å². The van der Waals surface area contributed by atoms with E-state index in [4.69, 9.17) is 9.47 Å². The monoisotopic (exact) mass is 433 g/mol. The Hall–Kier alpha value is -1.02. The van der Waals surface area contributed by atoms with Crippen molar-refractivity contribution < 1.29 is 9.47 Å². The molecule has 0 saturated carbocycles. The van der Waals surface area contributed by atoms with Gasteiger partial charge in [-0.2, -0.15) is 0 Å². The number of para-hydroxylation sites is 1. The smallest absolute Gasteiger partial charge is 0.193 e. The molecule has 1 fully saturated rings. The lowest BCUT2D eigenvalue weighted by molar-refractivity contribution is 0.181. The molecule has 1 atom stereocenters. The first-order valence-electron chi connectivity index (χ1n) is 7.97. The lowest BCUT2D eigenvalue weighted by atomic mass is 10.1. The molecule has 130 valence electrons. The Bertz CT molecular complexity index is 450. The summed E-state index contributed by atoms with van der Waals surface area (Å²) in [6.07, 6.45) is 2.08. The van der Waals surface area contributed by atoms with E-state index in [0.717, 1.165) is 50.9 Å². The molecule has 23 heavy (non-hydrogen) atoms. The predicted octanol–water partition coefficient (Wildman–Crippen LogP) is 2.62. The minimum atomic E-state index is 0. The summed E-state index contributed by atoms with van der Waals surface area (Å²) >= 11 is 0. The molecule has 0 spiro atoms. The minimum absolute atomic E-state index is 0. The third-order valence-corrected chi connectivity index (χ3v) is 3.75. The second-order valence-corrected chi connectivity index (χ2v) is 5.60. The number of ether oxygens (including phenoxy) is 2. The van der Waals surface area contributed by atoms with Crippen LogP contribution in [0, 0.1) is 5.92 Å². The van der Waals surface area contributed by atoms with Crippen LogP contribution in [0.5, 0.6) is 5.75 Å². The average Bonchev–Trinajstić information content (AvgIpc) is 3.04. The molecule has 0 radical (unpaired) electrons. The summed E-state index contributed by atoms with van der Waals surface area (Å²) in [5.74, 6) is 2.47. The van der Waals surface area contributed by atoms with Crippen molar-refractivity contribution in [3.63, 3.8) is 0 Å². The van der Waals surface area contributed by atoms with Crippen LogP contribution in [0.3, 0.4) is 0 Å². The highest BCUT2D eigenvalue weighted by Gasteiger charge is 2.18. The third kappa shape index (κ3) is 7.39. The number of nitrogens with one attached hydrogen (secondary N) is 1. The molecule has 0 amide bonds. The Morgan fingerprint density at radius 1 is 1.39 bits per heavy atom. The van der Waals surface area contributed by atoms with Crippen LogP contribution < -0.4 is 10.1 Å². The summed E-state index contributed by atoms with van der Waals surface area (Å²) in [6.45, 7) is 4.30. The van der Waals surface area contributed by atoms with E-state index in [1.807, 2.05) is 37.4 Å². The van der Waals surface area contributed by atoms with E-state index in [0.29, 0.717) is 12.5 Å². The van der Waals surface area contributed by atoms with E-state index in [9.17, 15) is 0 Å². The maximum atomic E-state index is 5.68. The Morgan fingerprint density at radius 2 is 2.17 bits per heavy atom. The summed E-state index contributed by atoms with van der Waals surface area (Å²) in [6, 6.07) is 9.91. The summed E-state index contributed by atoms with van der Waals surface area (Å²) in [7, 11) is 3.90. The SMILES string of the molecule is CN=C(NCCCOc1ccccc1)N(C)CC1CCOC1.I. The zero-order chi connectivity index (χ0) is 15.6. The predicted molar refractivity (Wildman–Crippen MR) is 105 cm³/mol. The van der Waals surface area contributed by atoms with Gasteiger partial charge in [0.2, 0.25) is 0 Å². The van der Waals surface area contributed by atoms with E-state index in [2.05, 4.69) is 22.3 Å². The van der Waals surface area contributed by atoms with Gasteiger partial charge in [-0.25, -0.2) is 0 Å².